The molecule has 0 aliphatic heterocycles. The topological polar surface area (TPSA) is 42.7 Å². The maximum atomic E-state index is 4.54. The summed E-state index contributed by atoms with van der Waals surface area (Å²) in [6.45, 7) is 6.26. The van der Waals surface area contributed by atoms with Gasteiger partial charge in [-0.1, -0.05) is 6.92 Å². The molecule has 1 aromatic rings. The monoisotopic (exact) mass is 248 g/mol. The van der Waals surface area contributed by atoms with E-state index in [1.54, 1.807) is 6.33 Å². The van der Waals surface area contributed by atoms with Crippen molar-refractivity contribution >= 4 is 0 Å². The lowest BCUT2D eigenvalue weighted by molar-refractivity contribution is 0.272. The van der Waals surface area contributed by atoms with Crippen LogP contribution in [-0.4, -0.2) is 21.3 Å². The number of hydrogen-bond acceptors (Lipinski definition) is 3. The van der Waals surface area contributed by atoms with Gasteiger partial charge in [-0.25, -0.2) is 9.67 Å². The molecule has 1 aromatic heterocycles. The Bertz CT molecular complexity index is 380. The Labute approximate surface area is 109 Å². The van der Waals surface area contributed by atoms with Crippen molar-refractivity contribution in [3.63, 3.8) is 0 Å². The Morgan fingerprint density at radius 2 is 1.94 bits per heavy atom. The van der Waals surface area contributed by atoms with E-state index in [0.29, 0.717) is 6.04 Å². The van der Waals surface area contributed by atoms with Crippen LogP contribution in [0.15, 0.2) is 6.33 Å². The van der Waals surface area contributed by atoms with Gasteiger partial charge >= 0.3 is 0 Å². The summed E-state index contributed by atoms with van der Waals surface area (Å²) in [5, 5.41) is 8.02. The van der Waals surface area contributed by atoms with E-state index in [1.165, 1.54) is 25.7 Å². The minimum atomic E-state index is 0.414. The number of nitrogens with zero attached hydrogens (tertiary/aromatic N) is 3. The van der Waals surface area contributed by atoms with Gasteiger partial charge < -0.3 is 5.32 Å². The molecule has 0 radical (unpaired) electrons. The smallest absolute Gasteiger partial charge is 0.144 e. The Morgan fingerprint density at radius 3 is 2.44 bits per heavy atom. The summed E-state index contributed by atoms with van der Waals surface area (Å²) in [5.41, 5.74) is 0. The molecule has 0 bridgehead atoms. The van der Waals surface area contributed by atoms with Crippen molar-refractivity contribution in [2.75, 3.05) is 6.54 Å². The van der Waals surface area contributed by atoms with Crippen molar-refractivity contribution in [2.24, 2.45) is 17.8 Å². The molecule has 2 fully saturated rings. The van der Waals surface area contributed by atoms with E-state index in [4.69, 9.17) is 0 Å². The lowest BCUT2D eigenvalue weighted by Gasteiger charge is -2.27. The van der Waals surface area contributed by atoms with Gasteiger partial charge in [0.15, 0.2) is 0 Å². The number of aromatic nitrogens is 3. The summed E-state index contributed by atoms with van der Waals surface area (Å²) in [6, 6.07) is 0.414. The van der Waals surface area contributed by atoms with Crippen LogP contribution in [0.1, 0.15) is 51.4 Å². The van der Waals surface area contributed by atoms with Gasteiger partial charge in [0.05, 0.1) is 6.04 Å². The van der Waals surface area contributed by atoms with Gasteiger partial charge in [0.25, 0.3) is 0 Å². The van der Waals surface area contributed by atoms with Crippen molar-refractivity contribution < 1.29 is 0 Å². The molecule has 1 unspecified atom stereocenters. The van der Waals surface area contributed by atoms with Crippen molar-refractivity contribution in [1.82, 2.24) is 20.1 Å². The van der Waals surface area contributed by atoms with E-state index < -0.39 is 0 Å². The molecule has 2 aliphatic rings. The molecule has 0 amide bonds. The van der Waals surface area contributed by atoms with Crippen molar-refractivity contribution in [3.8, 4) is 0 Å². The quantitative estimate of drug-likeness (QED) is 0.805. The standard InChI is InChI=1S/C14H24N4/c1-3-15-13(14-16-9-17-18(14)4-2)12(10-5-6-10)11-7-8-11/h9-13,15H,3-8H2,1-2H3. The maximum absolute atomic E-state index is 4.54. The molecule has 0 spiro atoms. The highest BCUT2D eigenvalue weighted by atomic mass is 15.3. The van der Waals surface area contributed by atoms with Gasteiger partial charge in [0, 0.05) is 6.54 Å². The molecular formula is C14H24N4. The zero-order valence-electron chi connectivity index (χ0n) is 11.5. The number of aryl methyl sites for hydroxylation is 1. The summed E-state index contributed by atoms with van der Waals surface area (Å²) >= 11 is 0. The van der Waals surface area contributed by atoms with Crippen LogP contribution < -0.4 is 5.32 Å². The fourth-order valence-electron chi connectivity index (χ4n) is 3.27. The summed E-state index contributed by atoms with van der Waals surface area (Å²) < 4.78 is 2.06. The Hall–Kier alpha value is -0.900. The Morgan fingerprint density at radius 1 is 1.28 bits per heavy atom. The molecule has 2 aliphatic carbocycles. The Kier molecular flexibility index (Phi) is 3.37. The lowest BCUT2D eigenvalue weighted by Crippen LogP contribution is -2.33. The third kappa shape index (κ3) is 2.30. The van der Waals surface area contributed by atoms with Crippen LogP contribution in [-0.2, 0) is 6.54 Å². The van der Waals surface area contributed by atoms with Crippen LogP contribution >= 0.6 is 0 Å². The summed E-state index contributed by atoms with van der Waals surface area (Å²) in [4.78, 5) is 4.54. The van der Waals surface area contributed by atoms with Gasteiger partial charge in [-0.05, 0) is 56.9 Å². The molecule has 4 nitrogen and oxygen atoms in total. The maximum Gasteiger partial charge on any atom is 0.144 e. The van der Waals surface area contributed by atoms with E-state index in [2.05, 4.69) is 33.9 Å². The van der Waals surface area contributed by atoms with Gasteiger partial charge in [0.2, 0.25) is 0 Å². The van der Waals surface area contributed by atoms with Gasteiger partial charge in [-0.2, -0.15) is 5.10 Å². The predicted molar refractivity (Wildman–Crippen MR) is 71.1 cm³/mol. The second-order valence-corrected chi connectivity index (χ2v) is 5.72. The molecule has 18 heavy (non-hydrogen) atoms. The third-order valence-electron chi connectivity index (χ3n) is 4.36. The first-order chi connectivity index (χ1) is 8.85. The second-order valence-electron chi connectivity index (χ2n) is 5.72. The van der Waals surface area contributed by atoms with Gasteiger partial charge in [-0.3, -0.25) is 0 Å². The predicted octanol–water partition coefficient (Wildman–Crippen LogP) is 2.38. The molecule has 1 atom stereocenters. The molecule has 1 N–H and O–H groups in total. The molecule has 100 valence electrons. The van der Waals surface area contributed by atoms with E-state index >= 15 is 0 Å². The molecule has 2 saturated carbocycles. The average molecular weight is 248 g/mol. The van der Waals surface area contributed by atoms with Crippen molar-refractivity contribution in [1.29, 1.82) is 0 Å². The fraction of sp³-hybridized carbons (Fsp3) is 0.857. The van der Waals surface area contributed by atoms with Crippen LogP contribution in [0.2, 0.25) is 0 Å². The largest absolute Gasteiger partial charge is 0.307 e. The molecule has 3 rings (SSSR count). The molecular weight excluding hydrogens is 224 g/mol. The minimum Gasteiger partial charge on any atom is -0.307 e. The second kappa shape index (κ2) is 5.00. The van der Waals surface area contributed by atoms with Crippen LogP contribution in [0.5, 0.6) is 0 Å². The highest BCUT2D eigenvalue weighted by molar-refractivity contribution is 5.05. The fourth-order valence-corrected chi connectivity index (χ4v) is 3.27. The number of hydrogen-bond donors (Lipinski definition) is 1. The molecule has 4 heteroatoms. The summed E-state index contributed by atoms with van der Waals surface area (Å²) in [7, 11) is 0. The van der Waals surface area contributed by atoms with E-state index in [9.17, 15) is 0 Å². The first-order valence-electron chi connectivity index (χ1n) is 7.46. The highest BCUT2D eigenvalue weighted by Crippen LogP contribution is 2.53. The molecule has 0 aromatic carbocycles. The van der Waals surface area contributed by atoms with Crippen LogP contribution in [0.25, 0.3) is 0 Å². The van der Waals surface area contributed by atoms with E-state index in [-0.39, 0.29) is 0 Å². The normalized spacial score (nSPS) is 21.5. The third-order valence-corrected chi connectivity index (χ3v) is 4.36. The molecule has 0 saturated heterocycles. The number of nitrogens with one attached hydrogen (secondary N) is 1. The first-order valence-corrected chi connectivity index (χ1v) is 7.46. The van der Waals surface area contributed by atoms with Crippen LogP contribution in [0.3, 0.4) is 0 Å². The summed E-state index contributed by atoms with van der Waals surface area (Å²) in [6.07, 6.45) is 7.39. The van der Waals surface area contributed by atoms with E-state index in [1.807, 2.05) is 0 Å². The molecule has 1 heterocycles. The zero-order chi connectivity index (χ0) is 12.5. The average Bonchev–Trinajstić information content (AvgIpc) is 3.30. The Balaban J connectivity index is 1.85. The summed E-state index contributed by atoms with van der Waals surface area (Å²) in [5.74, 6) is 3.81. The number of rotatable bonds is 7. The lowest BCUT2D eigenvalue weighted by atomic mass is 9.88. The van der Waals surface area contributed by atoms with Crippen molar-refractivity contribution in [3.05, 3.63) is 12.2 Å². The van der Waals surface area contributed by atoms with Crippen molar-refractivity contribution in [2.45, 2.75) is 52.1 Å². The van der Waals surface area contributed by atoms with Crippen LogP contribution in [0.4, 0.5) is 0 Å². The first kappa shape index (κ1) is 12.2. The van der Waals surface area contributed by atoms with Gasteiger partial charge in [0.1, 0.15) is 12.2 Å². The van der Waals surface area contributed by atoms with Gasteiger partial charge in [-0.15, -0.1) is 0 Å². The van der Waals surface area contributed by atoms with Crippen LogP contribution in [0, 0.1) is 17.8 Å². The highest BCUT2D eigenvalue weighted by Gasteiger charge is 2.46. The SMILES string of the molecule is CCNC(c1ncnn1CC)C(C1CC1)C1CC1. The minimum absolute atomic E-state index is 0.414. The van der Waals surface area contributed by atoms with E-state index in [0.717, 1.165) is 36.7 Å². The zero-order valence-corrected chi connectivity index (χ0v) is 11.5.